The first-order valence-electron chi connectivity index (χ1n) is 9.00. The van der Waals surface area contributed by atoms with E-state index in [4.69, 9.17) is 0 Å². The number of anilines is 1. The lowest BCUT2D eigenvalue weighted by Crippen LogP contribution is -2.51. The summed E-state index contributed by atoms with van der Waals surface area (Å²) in [4.78, 5) is 28.3. The van der Waals surface area contributed by atoms with Crippen LogP contribution in [0, 0.1) is 5.82 Å². The highest BCUT2D eigenvalue weighted by molar-refractivity contribution is 8.01. The standard InChI is InChI=1S/C18H26FN3O4S2/c1-14(27-13-17(23)20-16-5-3-15(19)4-6-16)18(24)22-9-7-21(8-10-22)11-12-28(2,25)26/h3-6,14H,7-13H2,1-2H3,(H,20,23). The lowest BCUT2D eigenvalue weighted by Gasteiger charge is -2.35. The van der Waals surface area contributed by atoms with Crippen molar-refractivity contribution >= 4 is 39.1 Å². The molecular formula is C18H26FN3O4S2. The minimum atomic E-state index is -2.99. The maximum absolute atomic E-state index is 12.9. The highest BCUT2D eigenvalue weighted by Gasteiger charge is 2.25. The Labute approximate surface area is 169 Å². The molecule has 10 heteroatoms. The number of benzene rings is 1. The van der Waals surface area contributed by atoms with Gasteiger partial charge >= 0.3 is 0 Å². The molecule has 156 valence electrons. The molecule has 1 heterocycles. The molecule has 1 fully saturated rings. The summed E-state index contributed by atoms with van der Waals surface area (Å²) >= 11 is 1.25. The van der Waals surface area contributed by atoms with Crippen molar-refractivity contribution in [3.63, 3.8) is 0 Å². The first-order chi connectivity index (χ1) is 13.1. The predicted octanol–water partition coefficient (Wildman–Crippen LogP) is 1.07. The number of amides is 2. The third-order valence-corrected chi connectivity index (χ3v) is 6.46. The van der Waals surface area contributed by atoms with E-state index >= 15 is 0 Å². The fourth-order valence-corrected chi connectivity index (χ4v) is 4.10. The molecule has 0 spiro atoms. The summed E-state index contributed by atoms with van der Waals surface area (Å²) in [5.41, 5.74) is 0.510. The summed E-state index contributed by atoms with van der Waals surface area (Å²) < 4.78 is 35.4. The molecule has 0 radical (unpaired) electrons. The van der Waals surface area contributed by atoms with Crippen LogP contribution in [-0.4, -0.2) is 85.8 Å². The minimum absolute atomic E-state index is 0.0256. The van der Waals surface area contributed by atoms with Crippen molar-refractivity contribution in [3.05, 3.63) is 30.1 Å². The van der Waals surface area contributed by atoms with Gasteiger partial charge in [0.05, 0.1) is 16.8 Å². The van der Waals surface area contributed by atoms with Gasteiger partial charge < -0.3 is 10.2 Å². The molecule has 0 aliphatic carbocycles. The monoisotopic (exact) mass is 431 g/mol. The van der Waals surface area contributed by atoms with E-state index in [1.165, 1.54) is 42.3 Å². The Hall–Kier alpha value is -1.65. The highest BCUT2D eigenvalue weighted by Crippen LogP contribution is 2.16. The zero-order valence-electron chi connectivity index (χ0n) is 16.1. The topological polar surface area (TPSA) is 86.8 Å². The molecule has 7 nitrogen and oxygen atoms in total. The zero-order valence-corrected chi connectivity index (χ0v) is 17.7. The van der Waals surface area contributed by atoms with Gasteiger partial charge in [-0.15, -0.1) is 11.8 Å². The average molecular weight is 432 g/mol. The molecule has 0 bridgehead atoms. The van der Waals surface area contributed by atoms with E-state index in [1.54, 1.807) is 11.8 Å². The number of nitrogens with zero attached hydrogens (tertiary/aromatic N) is 2. The summed E-state index contributed by atoms with van der Waals surface area (Å²) in [5.74, 6) is -0.401. The number of rotatable bonds is 8. The van der Waals surface area contributed by atoms with Crippen LogP contribution in [0.1, 0.15) is 6.92 Å². The molecule has 28 heavy (non-hydrogen) atoms. The number of nitrogens with one attached hydrogen (secondary N) is 1. The normalized spacial score (nSPS) is 16.6. The SMILES string of the molecule is CC(SCC(=O)Nc1ccc(F)cc1)C(=O)N1CCN(CCS(C)(=O)=O)CC1. The number of sulfone groups is 1. The Bertz CT molecular complexity index is 779. The molecule has 0 aromatic heterocycles. The molecule has 1 unspecified atom stereocenters. The van der Waals surface area contributed by atoms with Crippen molar-refractivity contribution in [1.82, 2.24) is 9.80 Å². The molecule has 2 amide bonds. The Morgan fingerprint density at radius 1 is 1.18 bits per heavy atom. The molecule has 1 aromatic carbocycles. The maximum atomic E-state index is 12.9. The van der Waals surface area contributed by atoms with Crippen LogP contribution >= 0.6 is 11.8 Å². The second-order valence-electron chi connectivity index (χ2n) is 6.81. The van der Waals surface area contributed by atoms with Crippen molar-refractivity contribution < 1.29 is 22.4 Å². The summed E-state index contributed by atoms with van der Waals surface area (Å²) in [6.07, 6.45) is 1.22. The lowest BCUT2D eigenvalue weighted by molar-refractivity contribution is -0.132. The summed E-state index contributed by atoms with van der Waals surface area (Å²) in [7, 11) is -2.99. The number of carbonyl (C=O) groups is 2. The highest BCUT2D eigenvalue weighted by atomic mass is 32.2. The first-order valence-corrected chi connectivity index (χ1v) is 12.1. The lowest BCUT2D eigenvalue weighted by atomic mass is 10.3. The number of thioether (sulfide) groups is 1. The van der Waals surface area contributed by atoms with Crippen LogP contribution in [0.3, 0.4) is 0 Å². The Balaban J connectivity index is 1.71. The minimum Gasteiger partial charge on any atom is -0.339 e. The predicted molar refractivity (Wildman–Crippen MR) is 110 cm³/mol. The molecular weight excluding hydrogens is 405 g/mol. The van der Waals surface area contributed by atoms with Gasteiger partial charge in [0.25, 0.3) is 0 Å². The van der Waals surface area contributed by atoms with E-state index in [2.05, 4.69) is 5.32 Å². The largest absolute Gasteiger partial charge is 0.339 e. The van der Waals surface area contributed by atoms with Crippen molar-refractivity contribution in [2.45, 2.75) is 12.2 Å². The zero-order chi connectivity index (χ0) is 20.7. The van der Waals surface area contributed by atoms with E-state index in [-0.39, 0.29) is 34.4 Å². The smallest absolute Gasteiger partial charge is 0.235 e. The Kier molecular flexibility index (Phi) is 8.26. The van der Waals surface area contributed by atoms with Crippen LogP contribution in [0.2, 0.25) is 0 Å². The van der Waals surface area contributed by atoms with Gasteiger partial charge in [-0.3, -0.25) is 14.5 Å². The molecule has 0 saturated carbocycles. The van der Waals surface area contributed by atoms with Gasteiger partial charge in [-0.25, -0.2) is 12.8 Å². The molecule has 1 aliphatic rings. The van der Waals surface area contributed by atoms with E-state index in [9.17, 15) is 22.4 Å². The van der Waals surface area contributed by atoms with Gasteiger partial charge in [0.1, 0.15) is 15.7 Å². The third-order valence-electron chi connectivity index (χ3n) is 4.40. The fraction of sp³-hybridized carbons (Fsp3) is 0.556. The molecule has 1 atom stereocenters. The summed E-state index contributed by atoms with van der Waals surface area (Å²) in [5, 5.41) is 2.31. The Morgan fingerprint density at radius 2 is 1.79 bits per heavy atom. The van der Waals surface area contributed by atoms with Crippen LogP contribution in [0.5, 0.6) is 0 Å². The first kappa shape index (κ1) is 22.6. The summed E-state index contributed by atoms with van der Waals surface area (Å²) in [6.45, 7) is 4.64. The number of piperazine rings is 1. The van der Waals surface area contributed by atoms with E-state index in [0.29, 0.717) is 38.4 Å². The van der Waals surface area contributed by atoms with Crippen LogP contribution in [-0.2, 0) is 19.4 Å². The van der Waals surface area contributed by atoms with Crippen molar-refractivity contribution in [2.24, 2.45) is 0 Å². The fourth-order valence-electron chi connectivity index (χ4n) is 2.75. The van der Waals surface area contributed by atoms with Crippen LogP contribution in [0.15, 0.2) is 24.3 Å². The number of hydrogen-bond acceptors (Lipinski definition) is 6. The molecule has 2 rings (SSSR count). The van der Waals surface area contributed by atoms with Crippen molar-refractivity contribution in [2.75, 3.05) is 55.8 Å². The second-order valence-corrected chi connectivity index (χ2v) is 10.4. The van der Waals surface area contributed by atoms with Crippen LogP contribution < -0.4 is 5.32 Å². The Morgan fingerprint density at radius 3 is 2.36 bits per heavy atom. The molecule has 1 N–H and O–H groups in total. The van der Waals surface area contributed by atoms with Gasteiger partial charge in [0.15, 0.2) is 0 Å². The number of carbonyl (C=O) groups excluding carboxylic acids is 2. The van der Waals surface area contributed by atoms with E-state index in [0.717, 1.165) is 0 Å². The quantitative estimate of drug-likeness (QED) is 0.663. The van der Waals surface area contributed by atoms with Crippen LogP contribution in [0.25, 0.3) is 0 Å². The van der Waals surface area contributed by atoms with Gasteiger partial charge in [-0.05, 0) is 31.2 Å². The van der Waals surface area contributed by atoms with E-state index in [1.807, 2.05) is 4.90 Å². The third kappa shape index (κ3) is 7.76. The number of hydrogen-bond donors (Lipinski definition) is 1. The van der Waals surface area contributed by atoms with Gasteiger partial charge in [0.2, 0.25) is 11.8 Å². The molecule has 1 aliphatic heterocycles. The van der Waals surface area contributed by atoms with Crippen molar-refractivity contribution in [1.29, 1.82) is 0 Å². The maximum Gasteiger partial charge on any atom is 0.235 e. The second kappa shape index (κ2) is 10.2. The van der Waals surface area contributed by atoms with Gasteiger partial charge in [-0.1, -0.05) is 0 Å². The van der Waals surface area contributed by atoms with Crippen molar-refractivity contribution in [3.8, 4) is 0 Å². The van der Waals surface area contributed by atoms with Gasteiger partial charge in [0, 0.05) is 44.7 Å². The number of halogens is 1. The van der Waals surface area contributed by atoms with Gasteiger partial charge in [-0.2, -0.15) is 0 Å². The molecule has 1 aromatic rings. The summed E-state index contributed by atoms with van der Waals surface area (Å²) in [6, 6.07) is 5.50. The van der Waals surface area contributed by atoms with Crippen LogP contribution in [0.4, 0.5) is 10.1 Å². The van der Waals surface area contributed by atoms with E-state index < -0.39 is 9.84 Å². The molecule has 1 saturated heterocycles. The average Bonchev–Trinajstić information content (AvgIpc) is 2.65.